The molecule has 0 aliphatic carbocycles. The number of carbonyl (C=O) groups excluding carboxylic acids is 1. The number of hydrogen-bond donors (Lipinski definition) is 1. The average Bonchev–Trinajstić information content (AvgIpc) is 2.39. The monoisotopic (exact) mass is 238 g/mol. The molecule has 1 aromatic rings. The molecule has 0 radical (unpaired) electrons. The predicted octanol–water partition coefficient (Wildman–Crippen LogP) is 0.244. The quantitative estimate of drug-likeness (QED) is 0.748. The van der Waals surface area contributed by atoms with E-state index in [1.54, 1.807) is 11.0 Å². The van der Waals surface area contributed by atoms with Gasteiger partial charge in [-0.2, -0.15) is 0 Å². The maximum Gasteiger partial charge on any atom is 0.274 e. The smallest absolute Gasteiger partial charge is 0.274 e. The van der Waals surface area contributed by atoms with Gasteiger partial charge in [0.05, 0.1) is 0 Å². The molecule has 0 spiro atoms. The second kappa shape index (κ2) is 5.27. The van der Waals surface area contributed by atoms with Crippen molar-refractivity contribution >= 4 is 17.7 Å². The number of thioether (sulfide) groups is 1. The van der Waals surface area contributed by atoms with Crippen molar-refractivity contribution in [1.82, 2.24) is 20.4 Å². The summed E-state index contributed by atoms with van der Waals surface area (Å²) in [4.78, 5) is 13.8. The van der Waals surface area contributed by atoms with Crippen molar-refractivity contribution in [2.24, 2.45) is 0 Å². The van der Waals surface area contributed by atoms with E-state index in [0.29, 0.717) is 5.69 Å². The van der Waals surface area contributed by atoms with Crippen molar-refractivity contribution in [2.45, 2.75) is 5.03 Å². The first-order valence-corrected chi connectivity index (χ1v) is 6.41. The Morgan fingerprint density at radius 2 is 2.12 bits per heavy atom. The Bertz CT molecular complexity index is 362. The number of rotatable bonds is 2. The summed E-state index contributed by atoms with van der Waals surface area (Å²) in [5, 5.41) is 11.9. The predicted molar refractivity (Wildman–Crippen MR) is 62.6 cm³/mol. The highest BCUT2D eigenvalue weighted by Gasteiger charge is 2.19. The zero-order valence-electron chi connectivity index (χ0n) is 9.14. The van der Waals surface area contributed by atoms with Crippen molar-refractivity contribution in [3.63, 3.8) is 0 Å². The Labute approximate surface area is 98.6 Å². The van der Waals surface area contributed by atoms with Crippen LogP contribution in [0.15, 0.2) is 17.2 Å². The summed E-state index contributed by atoms with van der Waals surface area (Å²) in [6, 6.07) is 3.57. The van der Waals surface area contributed by atoms with Crippen LogP contribution < -0.4 is 5.32 Å². The Kier molecular flexibility index (Phi) is 3.74. The lowest BCUT2D eigenvalue weighted by molar-refractivity contribution is 0.0728. The van der Waals surface area contributed by atoms with Gasteiger partial charge in [0.25, 0.3) is 5.91 Å². The molecule has 0 atom stereocenters. The SMILES string of the molecule is CSc1ccc(C(=O)N2CCNCC2)nn1. The normalized spacial score (nSPS) is 16.2. The van der Waals surface area contributed by atoms with Crippen LogP contribution >= 0.6 is 11.8 Å². The molecule has 0 bridgehead atoms. The minimum absolute atomic E-state index is 0.0262. The van der Waals surface area contributed by atoms with E-state index in [1.165, 1.54) is 11.8 Å². The molecular weight excluding hydrogens is 224 g/mol. The van der Waals surface area contributed by atoms with Gasteiger partial charge in [-0.1, -0.05) is 0 Å². The fourth-order valence-corrected chi connectivity index (χ4v) is 1.90. The van der Waals surface area contributed by atoms with E-state index in [2.05, 4.69) is 15.5 Å². The molecule has 1 aliphatic rings. The fourth-order valence-electron chi connectivity index (χ4n) is 1.57. The third-order valence-corrected chi connectivity index (χ3v) is 3.11. The van der Waals surface area contributed by atoms with E-state index in [4.69, 9.17) is 0 Å². The maximum atomic E-state index is 12.0. The third kappa shape index (κ3) is 2.51. The molecule has 1 fully saturated rings. The van der Waals surface area contributed by atoms with Gasteiger partial charge in [-0.25, -0.2) is 0 Å². The lowest BCUT2D eigenvalue weighted by atomic mass is 10.3. The lowest BCUT2D eigenvalue weighted by Gasteiger charge is -2.26. The summed E-state index contributed by atoms with van der Waals surface area (Å²) < 4.78 is 0. The minimum Gasteiger partial charge on any atom is -0.335 e. The standard InChI is InChI=1S/C10H14N4OS/c1-16-9-3-2-8(12-13-9)10(15)14-6-4-11-5-7-14/h2-3,11H,4-7H2,1H3. The van der Waals surface area contributed by atoms with Crippen LogP contribution in [0, 0.1) is 0 Å². The summed E-state index contributed by atoms with van der Waals surface area (Å²) in [5.41, 5.74) is 0.430. The van der Waals surface area contributed by atoms with E-state index in [-0.39, 0.29) is 5.91 Å². The topological polar surface area (TPSA) is 58.1 Å². The highest BCUT2D eigenvalue weighted by molar-refractivity contribution is 7.98. The highest BCUT2D eigenvalue weighted by atomic mass is 32.2. The number of amides is 1. The summed E-state index contributed by atoms with van der Waals surface area (Å²) >= 11 is 1.52. The van der Waals surface area contributed by atoms with Gasteiger partial charge in [0, 0.05) is 26.2 Å². The van der Waals surface area contributed by atoms with Crippen LogP contribution in [0.2, 0.25) is 0 Å². The molecule has 16 heavy (non-hydrogen) atoms. The van der Waals surface area contributed by atoms with E-state index < -0.39 is 0 Å². The molecule has 0 saturated carbocycles. The molecular formula is C10H14N4OS. The van der Waals surface area contributed by atoms with Crippen LogP contribution in [-0.2, 0) is 0 Å². The summed E-state index contributed by atoms with van der Waals surface area (Å²) in [6.07, 6.45) is 1.93. The maximum absolute atomic E-state index is 12.0. The van der Waals surface area contributed by atoms with Gasteiger partial charge < -0.3 is 10.2 Å². The highest BCUT2D eigenvalue weighted by Crippen LogP contribution is 2.10. The van der Waals surface area contributed by atoms with Crippen molar-refractivity contribution < 1.29 is 4.79 Å². The number of nitrogens with one attached hydrogen (secondary N) is 1. The van der Waals surface area contributed by atoms with Gasteiger partial charge >= 0.3 is 0 Å². The van der Waals surface area contributed by atoms with Crippen LogP contribution in [0.25, 0.3) is 0 Å². The number of carbonyl (C=O) groups is 1. The largest absolute Gasteiger partial charge is 0.335 e. The van der Waals surface area contributed by atoms with Gasteiger partial charge in [0.15, 0.2) is 5.69 Å². The van der Waals surface area contributed by atoms with E-state index in [0.717, 1.165) is 31.2 Å². The second-order valence-electron chi connectivity index (χ2n) is 3.50. The zero-order chi connectivity index (χ0) is 11.4. The van der Waals surface area contributed by atoms with E-state index >= 15 is 0 Å². The molecule has 1 amide bonds. The van der Waals surface area contributed by atoms with Crippen molar-refractivity contribution in [3.05, 3.63) is 17.8 Å². The van der Waals surface area contributed by atoms with Crippen molar-refractivity contribution in [3.8, 4) is 0 Å². The van der Waals surface area contributed by atoms with Crippen LogP contribution in [0.3, 0.4) is 0 Å². The molecule has 1 N–H and O–H groups in total. The van der Waals surface area contributed by atoms with Crippen molar-refractivity contribution in [2.75, 3.05) is 32.4 Å². The third-order valence-electron chi connectivity index (χ3n) is 2.47. The van der Waals surface area contributed by atoms with Crippen LogP contribution in [0.5, 0.6) is 0 Å². The van der Waals surface area contributed by atoms with Gasteiger partial charge in [0.2, 0.25) is 0 Å². The molecule has 2 rings (SSSR count). The first kappa shape index (κ1) is 11.3. The second-order valence-corrected chi connectivity index (χ2v) is 4.33. The number of aromatic nitrogens is 2. The zero-order valence-corrected chi connectivity index (χ0v) is 9.96. The summed E-state index contributed by atoms with van der Waals surface area (Å²) in [7, 11) is 0. The Balaban J connectivity index is 2.07. The first-order chi connectivity index (χ1) is 7.81. The molecule has 5 nitrogen and oxygen atoms in total. The average molecular weight is 238 g/mol. The molecule has 6 heteroatoms. The molecule has 0 aromatic carbocycles. The number of piperazine rings is 1. The van der Waals surface area contributed by atoms with E-state index in [1.807, 2.05) is 12.3 Å². The Morgan fingerprint density at radius 3 is 2.69 bits per heavy atom. The summed E-state index contributed by atoms with van der Waals surface area (Å²) in [6.45, 7) is 3.18. The van der Waals surface area contributed by atoms with Crippen LogP contribution in [0.4, 0.5) is 0 Å². The van der Waals surface area contributed by atoms with Gasteiger partial charge in [-0.05, 0) is 18.4 Å². The molecule has 1 aromatic heterocycles. The molecule has 1 aliphatic heterocycles. The fraction of sp³-hybridized carbons (Fsp3) is 0.500. The molecule has 2 heterocycles. The number of hydrogen-bond acceptors (Lipinski definition) is 5. The van der Waals surface area contributed by atoms with Crippen molar-refractivity contribution in [1.29, 1.82) is 0 Å². The molecule has 0 unspecified atom stereocenters. The first-order valence-electron chi connectivity index (χ1n) is 5.19. The minimum atomic E-state index is -0.0262. The van der Waals surface area contributed by atoms with Gasteiger partial charge in [-0.15, -0.1) is 22.0 Å². The van der Waals surface area contributed by atoms with Crippen LogP contribution in [0.1, 0.15) is 10.5 Å². The van der Waals surface area contributed by atoms with E-state index in [9.17, 15) is 4.79 Å². The van der Waals surface area contributed by atoms with Crippen LogP contribution in [-0.4, -0.2) is 53.4 Å². The molecule has 1 saturated heterocycles. The summed E-state index contributed by atoms with van der Waals surface area (Å²) in [5.74, 6) is -0.0262. The lowest BCUT2D eigenvalue weighted by Crippen LogP contribution is -2.46. The van der Waals surface area contributed by atoms with Gasteiger partial charge in [0.1, 0.15) is 5.03 Å². The number of nitrogens with zero attached hydrogens (tertiary/aromatic N) is 3. The van der Waals surface area contributed by atoms with Gasteiger partial charge in [-0.3, -0.25) is 4.79 Å². The molecule has 86 valence electrons. The Morgan fingerprint density at radius 1 is 1.38 bits per heavy atom. The Hall–Kier alpha value is -1.14.